The first-order valence-corrected chi connectivity index (χ1v) is 7.91. The van der Waals surface area contributed by atoms with Gasteiger partial charge in [0.05, 0.1) is 0 Å². The first kappa shape index (κ1) is 14.6. The Hall–Kier alpha value is -0.850. The normalized spacial score (nSPS) is 19.4. The highest BCUT2D eigenvalue weighted by Gasteiger charge is 2.33. The van der Waals surface area contributed by atoms with E-state index >= 15 is 0 Å². The number of pyridine rings is 1. The van der Waals surface area contributed by atoms with Crippen LogP contribution < -0.4 is 0 Å². The highest BCUT2D eigenvalue weighted by atomic mass is 14.7. The van der Waals surface area contributed by atoms with E-state index in [0.29, 0.717) is 10.8 Å². The second kappa shape index (κ2) is 5.64. The molecule has 0 bridgehead atoms. The molecule has 2 rings (SSSR count). The Kier molecular flexibility index (Phi) is 4.32. The zero-order valence-corrected chi connectivity index (χ0v) is 13.1. The zero-order chi connectivity index (χ0) is 13.9. The molecule has 1 fully saturated rings. The molecule has 0 aliphatic heterocycles. The molecule has 1 aliphatic rings. The summed E-state index contributed by atoms with van der Waals surface area (Å²) in [5.41, 5.74) is 3.53. The van der Waals surface area contributed by atoms with E-state index in [4.69, 9.17) is 4.98 Å². The average molecular weight is 259 g/mol. The SMILES string of the molecule is CCC1(c2cc(CC(C)(C)C)ccn2)CCCCC1. The third-order valence-electron chi connectivity index (χ3n) is 4.59. The average Bonchev–Trinajstić information content (AvgIpc) is 2.38. The highest BCUT2D eigenvalue weighted by molar-refractivity contribution is 5.24. The van der Waals surface area contributed by atoms with Crippen LogP contribution in [0, 0.1) is 5.41 Å². The van der Waals surface area contributed by atoms with Gasteiger partial charge < -0.3 is 0 Å². The number of hydrogen-bond donors (Lipinski definition) is 0. The summed E-state index contributed by atoms with van der Waals surface area (Å²) < 4.78 is 0. The Morgan fingerprint density at radius 3 is 2.42 bits per heavy atom. The first-order valence-electron chi connectivity index (χ1n) is 7.91. The summed E-state index contributed by atoms with van der Waals surface area (Å²) in [5, 5.41) is 0. The van der Waals surface area contributed by atoms with Gasteiger partial charge in [-0.3, -0.25) is 4.98 Å². The molecule has 0 spiro atoms. The molecule has 1 aliphatic carbocycles. The summed E-state index contributed by atoms with van der Waals surface area (Å²) in [6.45, 7) is 9.26. The second-order valence-electron chi connectivity index (χ2n) is 7.48. The van der Waals surface area contributed by atoms with Crippen LogP contribution in [0.5, 0.6) is 0 Å². The largest absolute Gasteiger partial charge is 0.261 e. The van der Waals surface area contributed by atoms with Crippen LogP contribution in [0.3, 0.4) is 0 Å². The summed E-state index contributed by atoms with van der Waals surface area (Å²) in [4.78, 5) is 4.74. The molecule has 0 aromatic carbocycles. The van der Waals surface area contributed by atoms with E-state index in [1.807, 2.05) is 6.20 Å². The molecule has 106 valence electrons. The minimum Gasteiger partial charge on any atom is -0.261 e. The molecule has 1 aromatic rings. The molecular formula is C18H29N. The molecule has 1 heterocycles. The topological polar surface area (TPSA) is 12.9 Å². The smallest absolute Gasteiger partial charge is 0.0467 e. The van der Waals surface area contributed by atoms with E-state index in [-0.39, 0.29) is 0 Å². The van der Waals surface area contributed by atoms with Crippen molar-refractivity contribution in [2.24, 2.45) is 5.41 Å². The van der Waals surface area contributed by atoms with Gasteiger partial charge in [0, 0.05) is 17.3 Å². The van der Waals surface area contributed by atoms with Gasteiger partial charge in [0.1, 0.15) is 0 Å². The highest BCUT2D eigenvalue weighted by Crippen LogP contribution is 2.41. The molecule has 1 heteroatoms. The van der Waals surface area contributed by atoms with Crippen molar-refractivity contribution in [1.82, 2.24) is 4.98 Å². The number of nitrogens with zero attached hydrogens (tertiary/aromatic N) is 1. The Morgan fingerprint density at radius 1 is 1.16 bits per heavy atom. The standard InChI is InChI=1S/C18H29N/c1-5-18(10-7-6-8-11-18)16-13-15(9-12-19-16)14-17(2,3)4/h9,12-13H,5-8,10-11,14H2,1-4H3. The molecule has 1 nitrogen and oxygen atoms in total. The number of hydrogen-bond acceptors (Lipinski definition) is 1. The fraction of sp³-hybridized carbons (Fsp3) is 0.722. The maximum atomic E-state index is 4.74. The third-order valence-corrected chi connectivity index (χ3v) is 4.59. The number of aromatic nitrogens is 1. The monoisotopic (exact) mass is 259 g/mol. The summed E-state index contributed by atoms with van der Waals surface area (Å²) in [6, 6.07) is 4.58. The van der Waals surface area contributed by atoms with Gasteiger partial charge in [-0.1, -0.05) is 47.0 Å². The maximum Gasteiger partial charge on any atom is 0.0467 e. The summed E-state index contributed by atoms with van der Waals surface area (Å²) in [6.07, 6.45) is 11.2. The Bertz CT molecular complexity index is 408. The molecule has 0 radical (unpaired) electrons. The molecule has 0 amide bonds. The fourth-order valence-corrected chi connectivity index (χ4v) is 3.51. The summed E-state index contributed by atoms with van der Waals surface area (Å²) >= 11 is 0. The van der Waals surface area contributed by atoms with Crippen molar-refractivity contribution < 1.29 is 0 Å². The maximum absolute atomic E-state index is 4.74. The van der Waals surface area contributed by atoms with Crippen LogP contribution in [-0.4, -0.2) is 4.98 Å². The third kappa shape index (κ3) is 3.58. The van der Waals surface area contributed by atoms with Crippen molar-refractivity contribution >= 4 is 0 Å². The molecule has 1 aromatic heterocycles. The van der Waals surface area contributed by atoms with Crippen LogP contribution in [0.1, 0.15) is 77.5 Å². The van der Waals surface area contributed by atoms with Gasteiger partial charge in [0.15, 0.2) is 0 Å². The van der Waals surface area contributed by atoms with Crippen LogP contribution in [0.15, 0.2) is 18.3 Å². The lowest BCUT2D eigenvalue weighted by Crippen LogP contribution is -2.29. The quantitative estimate of drug-likeness (QED) is 0.719. The van der Waals surface area contributed by atoms with Gasteiger partial charge in [-0.05, 0) is 48.8 Å². The first-order chi connectivity index (χ1) is 8.95. The molecular weight excluding hydrogens is 230 g/mol. The lowest BCUT2D eigenvalue weighted by Gasteiger charge is -2.36. The van der Waals surface area contributed by atoms with E-state index in [2.05, 4.69) is 39.8 Å². The fourth-order valence-electron chi connectivity index (χ4n) is 3.51. The molecule has 0 N–H and O–H groups in total. The van der Waals surface area contributed by atoms with Crippen molar-refractivity contribution in [3.63, 3.8) is 0 Å². The minimum absolute atomic E-state index is 0.352. The zero-order valence-electron chi connectivity index (χ0n) is 13.1. The van der Waals surface area contributed by atoms with E-state index in [1.165, 1.54) is 49.8 Å². The van der Waals surface area contributed by atoms with Crippen LogP contribution >= 0.6 is 0 Å². The lowest BCUT2D eigenvalue weighted by molar-refractivity contribution is 0.276. The van der Waals surface area contributed by atoms with E-state index in [0.717, 1.165) is 6.42 Å². The van der Waals surface area contributed by atoms with Gasteiger partial charge in [0.2, 0.25) is 0 Å². The Morgan fingerprint density at radius 2 is 1.84 bits per heavy atom. The second-order valence-corrected chi connectivity index (χ2v) is 7.48. The van der Waals surface area contributed by atoms with Crippen LogP contribution in [0.4, 0.5) is 0 Å². The van der Waals surface area contributed by atoms with Crippen LogP contribution in [-0.2, 0) is 11.8 Å². The van der Waals surface area contributed by atoms with Crippen molar-refractivity contribution in [3.05, 3.63) is 29.6 Å². The van der Waals surface area contributed by atoms with E-state index in [9.17, 15) is 0 Å². The molecule has 0 saturated heterocycles. The molecule has 19 heavy (non-hydrogen) atoms. The van der Waals surface area contributed by atoms with Gasteiger partial charge in [0.25, 0.3) is 0 Å². The summed E-state index contributed by atoms with van der Waals surface area (Å²) in [7, 11) is 0. The van der Waals surface area contributed by atoms with Gasteiger partial charge in [-0.25, -0.2) is 0 Å². The van der Waals surface area contributed by atoms with Gasteiger partial charge in [-0.2, -0.15) is 0 Å². The van der Waals surface area contributed by atoms with Crippen LogP contribution in [0.2, 0.25) is 0 Å². The number of rotatable bonds is 3. The molecule has 0 atom stereocenters. The van der Waals surface area contributed by atoms with Gasteiger partial charge >= 0.3 is 0 Å². The Balaban J connectivity index is 2.26. The summed E-state index contributed by atoms with van der Waals surface area (Å²) in [5.74, 6) is 0. The van der Waals surface area contributed by atoms with Crippen LogP contribution in [0.25, 0.3) is 0 Å². The lowest BCUT2D eigenvalue weighted by atomic mass is 9.69. The predicted molar refractivity (Wildman–Crippen MR) is 82.5 cm³/mol. The minimum atomic E-state index is 0.352. The van der Waals surface area contributed by atoms with E-state index in [1.54, 1.807) is 0 Å². The van der Waals surface area contributed by atoms with E-state index < -0.39 is 0 Å². The Labute approximate surface area is 118 Å². The van der Waals surface area contributed by atoms with Crippen molar-refractivity contribution in [3.8, 4) is 0 Å². The van der Waals surface area contributed by atoms with Crippen molar-refractivity contribution in [1.29, 1.82) is 0 Å². The predicted octanol–water partition coefficient (Wildman–Crippen LogP) is 5.28. The molecule has 0 unspecified atom stereocenters. The van der Waals surface area contributed by atoms with Crippen molar-refractivity contribution in [2.75, 3.05) is 0 Å². The molecule has 1 saturated carbocycles. The van der Waals surface area contributed by atoms with Gasteiger partial charge in [-0.15, -0.1) is 0 Å². The van der Waals surface area contributed by atoms with Crippen molar-refractivity contribution in [2.45, 2.75) is 78.1 Å².